The van der Waals surface area contributed by atoms with E-state index in [9.17, 15) is 13.2 Å². The van der Waals surface area contributed by atoms with Gasteiger partial charge in [0.05, 0.1) is 24.9 Å². The Morgan fingerprint density at radius 3 is 2.52 bits per heavy atom. The Morgan fingerprint density at radius 2 is 1.95 bits per heavy atom. The Morgan fingerprint density at radius 1 is 1.33 bits per heavy atom. The van der Waals surface area contributed by atoms with Crippen LogP contribution in [-0.2, 0) is 26.3 Å². The third kappa shape index (κ3) is 3.43. The van der Waals surface area contributed by atoms with E-state index in [0.717, 1.165) is 9.87 Å². The number of hydrogen-bond donors (Lipinski definition) is 0. The molecule has 0 spiro atoms. The van der Waals surface area contributed by atoms with Crippen LogP contribution in [0.4, 0.5) is 0 Å². The number of esters is 1. The van der Waals surface area contributed by atoms with E-state index in [4.69, 9.17) is 11.6 Å². The molecule has 0 aromatic heterocycles. The molecule has 0 saturated carbocycles. The number of ether oxygens (including phenoxy) is 1. The number of benzene rings is 1. The third-order valence-corrected chi connectivity index (χ3v) is 4.45. The van der Waals surface area contributed by atoms with Crippen LogP contribution in [0.25, 0.3) is 0 Å². The first-order valence-corrected chi connectivity index (χ1v) is 7.74. The number of hydrogen-bond acceptors (Lipinski definition) is 4. The Balaban J connectivity index is 2.34. The van der Waals surface area contributed by atoms with Crippen molar-refractivity contribution in [2.45, 2.75) is 13.5 Å². The molecule has 1 aromatic carbocycles. The van der Waals surface area contributed by atoms with Crippen LogP contribution in [0, 0.1) is 0 Å². The van der Waals surface area contributed by atoms with Crippen molar-refractivity contribution >= 4 is 33.5 Å². The smallest absolute Gasteiger partial charge is 0.344 e. The zero-order valence-corrected chi connectivity index (χ0v) is 13.0. The highest BCUT2D eigenvalue weighted by Gasteiger charge is 2.28. The average Bonchev–Trinajstić information content (AvgIpc) is 2.42. The molecule has 21 heavy (non-hydrogen) atoms. The lowest BCUT2D eigenvalue weighted by Crippen LogP contribution is -2.31. The Kier molecular flexibility index (Phi) is 4.34. The molecule has 0 aliphatic carbocycles. The third-order valence-electron chi connectivity index (χ3n) is 2.87. The van der Waals surface area contributed by atoms with Gasteiger partial charge in [-0.3, -0.25) is 4.31 Å². The average molecular weight is 329 g/mol. The van der Waals surface area contributed by atoms with Crippen molar-refractivity contribution in [3.8, 4) is 0 Å². The summed E-state index contributed by atoms with van der Waals surface area (Å²) in [5, 5.41) is 0.555. The number of nitrogens with zero attached hydrogens (tertiary/aromatic N) is 2. The molecule has 112 valence electrons. The van der Waals surface area contributed by atoms with Gasteiger partial charge in [-0.25, -0.2) is 4.79 Å². The van der Waals surface area contributed by atoms with Crippen LogP contribution in [0.3, 0.4) is 0 Å². The molecule has 0 saturated heterocycles. The second-order valence-corrected chi connectivity index (χ2v) is 6.34. The molecule has 2 rings (SSSR count). The molecule has 0 bridgehead atoms. The summed E-state index contributed by atoms with van der Waals surface area (Å²) in [6.07, 6.45) is 1.23. The van der Waals surface area contributed by atoms with Gasteiger partial charge in [0.25, 0.3) is 0 Å². The van der Waals surface area contributed by atoms with Gasteiger partial charge in [0.2, 0.25) is 0 Å². The lowest BCUT2D eigenvalue weighted by atomic mass is 10.2. The highest BCUT2D eigenvalue weighted by atomic mass is 35.5. The fourth-order valence-corrected chi connectivity index (χ4v) is 3.01. The fourth-order valence-electron chi connectivity index (χ4n) is 1.79. The van der Waals surface area contributed by atoms with Crippen LogP contribution in [-0.4, -0.2) is 31.5 Å². The van der Waals surface area contributed by atoms with E-state index < -0.39 is 16.2 Å². The maximum Gasteiger partial charge on any atom is 0.344 e. The number of carbonyl (C=O) groups is 1. The SMILES string of the molecule is COC(=O)C1=CN(Cc2ccc(Cl)cc2)S(=O)(=O)N=C1C. The topological polar surface area (TPSA) is 76.0 Å². The van der Waals surface area contributed by atoms with E-state index in [1.165, 1.54) is 20.2 Å². The number of halogens is 1. The van der Waals surface area contributed by atoms with Crippen molar-refractivity contribution in [3.63, 3.8) is 0 Å². The number of carbonyl (C=O) groups excluding carboxylic acids is 1. The molecule has 0 unspecified atom stereocenters. The zero-order valence-electron chi connectivity index (χ0n) is 11.4. The summed E-state index contributed by atoms with van der Waals surface area (Å²) in [5.74, 6) is -0.632. The maximum absolute atomic E-state index is 12.0. The predicted molar refractivity (Wildman–Crippen MR) is 79.1 cm³/mol. The van der Waals surface area contributed by atoms with E-state index in [1.54, 1.807) is 24.3 Å². The van der Waals surface area contributed by atoms with Crippen LogP contribution in [0.5, 0.6) is 0 Å². The normalized spacial score (nSPS) is 17.0. The van der Waals surface area contributed by atoms with Gasteiger partial charge in [0.1, 0.15) is 0 Å². The van der Waals surface area contributed by atoms with E-state index in [-0.39, 0.29) is 17.8 Å². The summed E-state index contributed by atoms with van der Waals surface area (Å²) in [6, 6.07) is 6.73. The minimum atomic E-state index is -3.85. The van der Waals surface area contributed by atoms with Gasteiger partial charge in [-0.05, 0) is 24.6 Å². The molecule has 1 aromatic rings. The van der Waals surface area contributed by atoms with Gasteiger partial charge in [0.15, 0.2) is 0 Å². The summed E-state index contributed by atoms with van der Waals surface area (Å²) >= 11 is 5.79. The molecule has 0 atom stereocenters. The lowest BCUT2D eigenvalue weighted by molar-refractivity contribution is -0.135. The van der Waals surface area contributed by atoms with Gasteiger partial charge in [-0.15, -0.1) is 4.40 Å². The van der Waals surface area contributed by atoms with Gasteiger partial charge >= 0.3 is 16.2 Å². The Bertz CT molecular complexity index is 723. The van der Waals surface area contributed by atoms with Crippen molar-refractivity contribution in [1.82, 2.24) is 4.31 Å². The molecule has 8 heteroatoms. The molecule has 1 heterocycles. The maximum atomic E-state index is 12.0. The number of rotatable bonds is 3. The largest absolute Gasteiger partial charge is 0.465 e. The molecule has 1 aliphatic rings. The molecular formula is C13H13ClN2O4S. The summed E-state index contributed by atoms with van der Waals surface area (Å²) in [6.45, 7) is 1.50. The molecule has 0 radical (unpaired) electrons. The minimum Gasteiger partial charge on any atom is -0.465 e. The molecule has 0 amide bonds. The molecule has 6 nitrogen and oxygen atoms in total. The van der Waals surface area contributed by atoms with Gasteiger partial charge in [-0.2, -0.15) is 8.42 Å². The molecule has 1 aliphatic heterocycles. The first-order valence-electron chi connectivity index (χ1n) is 5.97. The van der Waals surface area contributed by atoms with Crippen molar-refractivity contribution in [2.75, 3.05) is 7.11 Å². The molecular weight excluding hydrogens is 316 g/mol. The first kappa shape index (κ1) is 15.5. The van der Waals surface area contributed by atoms with Gasteiger partial charge in [0, 0.05) is 11.2 Å². The summed E-state index contributed by atoms with van der Waals surface area (Å²) in [5.41, 5.74) is 0.939. The first-order chi connectivity index (χ1) is 9.83. The fraction of sp³-hybridized carbons (Fsp3) is 0.231. The second kappa shape index (κ2) is 5.87. The molecule has 0 fully saturated rings. The van der Waals surface area contributed by atoms with E-state index in [2.05, 4.69) is 9.13 Å². The van der Waals surface area contributed by atoms with E-state index in [0.29, 0.717) is 5.02 Å². The van der Waals surface area contributed by atoms with E-state index in [1.807, 2.05) is 0 Å². The predicted octanol–water partition coefficient (Wildman–Crippen LogP) is 1.92. The van der Waals surface area contributed by atoms with E-state index >= 15 is 0 Å². The summed E-state index contributed by atoms with van der Waals surface area (Å²) in [4.78, 5) is 11.6. The van der Waals surface area contributed by atoms with Crippen LogP contribution >= 0.6 is 11.6 Å². The standard InChI is InChI=1S/C13H13ClN2O4S/c1-9-12(13(17)20-2)8-16(21(18,19)15-9)7-10-3-5-11(14)6-4-10/h3-6,8H,7H2,1-2H3. The monoisotopic (exact) mass is 328 g/mol. The number of methoxy groups -OCH3 is 1. The van der Waals surface area contributed by atoms with Crippen molar-refractivity contribution in [1.29, 1.82) is 0 Å². The summed E-state index contributed by atoms with van der Waals surface area (Å²) in [7, 11) is -2.63. The van der Waals surface area contributed by atoms with Crippen LogP contribution < -0.4 is 0 Å². The highest BCUT2D eigenvalue weighted by Crippen LogP contribution is 2.20. The van der Waals surface area contributed by atoms with Gasteiger partial charge in [-0.1, -0.05) is 23.7 Å². The van der Waals surface area contributed by atoms with Crippen molar-refractivity contribution < 1.29 is 17.9 Å². The second-order valence-electron chi connectivity index (χ2n) is 4.36. The van der Waals surface area contributed by atoms with Crippen molar-refractivity contribution in [3.05, 3.63) is 46.6 Å². The van der Waals surface area contributed by atoms with Crippen LogP contribution in [0.1, 0.15) is 12.5 Å². The van der Waals surface area contributed by atoms with Gasteiger partial charge < -0.3 is 4.74 Å². The highest BCUT2D eigenvalue weighted by molar-refractivity contribution is 7.88. The van der Waals surface area contributed by atoms with Crippen LogP contribution in [0.2, 0.25) is 5.02 Å². The quantitative estimate of drug-likeness (QED) is 0.794. The van der Waals surface area contributed by atoms with Crippen LogP contribution in [0.15, 0.2) is 40.4 Å². The minimum absolute atomic E-state index is 0.0524. The van der Waals surface area contributed by atoms with Crippen molar-refractivity contribution in [2.24, 2.45) is 4.40 Å². The zero-order chi connectivity index (χ0) is 15.6. The Labute approximate surface area is 127 Å². The molecule has 0 N–H and O–H groups in total. The summed E-state index contributed by atoms with van der Waals surface area (Å²) < 4.78 is 33.3. The lowest BCUT2D eigenvalue weighted by Gasteiger charge is -2.23. The Hall–Kier alpha value is -1.86.